The summed E-state index contributed by atoms with van der Waals surface area (Å²) in [4.78, 5) is 64.8. The fourth-order valence-corrected chi connectivity index (χ4v) is 2.13. The zero-order valence-corrected chi connectivity index (χ0v) is 15.3. The molecule has 0 bridgehead atoms. The van der Waals surface area contributed by atoms with E-state index in [2.05, 4.69) is 25.9 Å². The first-order valence-corrected chi connectivity index (χ1v) is 8.36. The van der Waals surface area contributed by atoms with Gasteiger partial charge in [-0.1, -0.05) is 0 Å². The number of H-pyrrole nitrogens is 1. The van der Waals surface area contributed by atoms with Gasteiger partial charge in [0.25, 0.3) is 0 Å². The Labute approximate surface area is 164 Å². The Bertz CT molecular complexity index is 737. The van der Waals surface area contributed by atoms with Crippen LogP contribution in [0.4, 0.5) is 0 Å². The maximum atomic E-state index is 12.4. The number of amides is 4. The van der Waals surface area contributed by atoms with Crippen LogP contribution in [-0.2, 0) is 30.4 Å². The molecule has 0 saturated heterocycles. The number of nitrogens with one attached hydrogen (secondary N) is 4. The standard InChI is InChI=1S/C15H23N7O7/c16-8(5-23)13(26)19-4-12(25)21-9(2-11(17)24)14(27)22-10(15(28)29)1-7-3-18-6-20-7/h3,6,8-10,23H,1-2,4-5,16H2,(H2,17,24)(H,18,20)(H,19,26)(H,21,25)(H,22,27)(H,28,29)/t8-,9-,10-/m0/s1. The number of aliphatic carboxylic acids is 1. The molecule has 1 aromatic heterocycles. The fourth-order valence-electron chi connectivity index (χ4n) is 2.13. The van der Waals surface area contributed by atoms with Gasteiger partial charge in [0.2, 0.25) is 23.6 Å². The lowest BCUT2D eigenvalue weighted by Gasteiger charge is -2.20. The van der Waals surface area contributed by atoms with Gasteiger partial charge in [-0.25, -0.2) is 9.78 Å². The Balaban J connectivity index is 2.72. The largest absolute Gasteiger partial charge is 0.480 e. The van der Waals surface area contributed by atoms with Crippen LogP contribution in [0.1, 0.15) is 12.1 Å². The minimum atomic E-state index is -1.47. The van der Waals surface area contributed by atoms with Gasteiger partial charge in [-0.2, -0.15) is 0 Å². The van der Waals surface area contributed by atoms with Gasteiger partial charge in [-0.05, 0) is 0 Å². The van der Waals surface area contributed by atoms with Crippen LogP contribution in [0.2, 0.25) is 0 Å². The number of imidazole rings is 1. The third-order valence-electron chi connectivity index (χ3n) is 3.61. The number of aliphatic hydroxyl groups is 1. The molecule has 0 saturated carbocycles. The summed E-state index contributed by atoms with van der Waals surface area (Å²) in [6.07, 6.45) is 2.00. The average Bonchev–Trinajstić information content (AvgIpc) is 3.16. The van der Waals surface area contributed by atoms with Gasteiger partial charge in [0.05, 0.1) is 25.9 Å². The van der Waals surface area contributed by atoms with E-state index in [1.165, 1.54) is 12.5 Å². The van der Waals surface area contributed by atoms with Crippen LogP contribution in [0.3, 0.4) is 0 Å². The van der Waals surface area contributed by atoms with Crippen molar-refractivity contribution >= 4 is 29.6 Å². The predicted octanol–water partition coefficient (Wildman–Crippen LogP) is -4.68. The van der Waals surface area contributed by atoms with Gasteiger partial charge in [0.15, 0.2) is 0 Å². The molecule has 0 aliphatic rings. The molecule has 14 nitrogen and oxygen atoms in total. The first kappa shape index (κ1) is 23.5. The Hall–Kier alpha value is -3.52. The highest BCUT2D eigenvalue weighted by Gasteiger charge is 2.28. The lowest BCUT2D eigenvalue weighted by molar-refractivity contribution is -0.142. The molecule has 0 radical (unpaired) electrons. The van der Waals surface area contributed by atoms with E-state index in [9.17, 15) is 29.1 Å². The number of carboxylic acid groups (broad SMARTS) is 1. The van der Waals surface area contributed by atoms with Crippen molar-refractivity contribution in [1.82, 2.24) is 25.9 Å². The van der Waals surface area contributed by atoms with Crippen molar-refractivity contribution in [2.75, 3.05) is 13.2 Å². The molecule has 1 aromatic rings. The lowest BCUT2D eigenvalue weighted by Crippen LogP contribution is -2.55. The number of hydrogen-bond acceptors (Lipinski definition) is 8. The van der Waals surface area contributed by atoms with Gasteiger partial charge >= 0.3 is 5.97 Å². The number of aromatic amines is 1. The molecule has 0 spiro atoms. The van der Waals surface area contributed by atoms with Gasteiger partial charge in [-0.3, -0.25) is 19.2 Å². The molecule has 160 valence electrons. The number of nitrogens with two attached hydrogens (primary N) is 2. The highest BCUT2D eigenvalue weighted by atomic mass is 16.4. The van der Waals surface area contributed by atoms with Gasteiger partial charge in [0.1, 0.15) is 18.1 Å². The fraction of sp³-hybridized carbons (Fsp3) is 0.467. The molecule has 29 heavy (non-hydrogen) atoms. The van der Waals surface area contributed by atoms with Gasteiger partial charge < -0.3 is 42.6 Å². The van der Waals surface area contributed by atoms with Crippen molar-refractivity contribution < 1.29 is 34.2 Å². The number of hydrogen-bond donors (Lipinski definition) is 8. The second kappa shape index (κ2) is 11.4. The Morgan fingerprint density at radius 2 is 1.83 bits per heavy atom. The summed E-state index contributed by atoms with van der Waals surface area (Å²) < 4.78 is 0. The van der Waals surface area contributed by atoms with E-state index in [0.717, 1.165) is 0 Å². The summed E-state index contributed by atoms with van der Waals surface area (Å²) >= 11 is 0. The first-order chi connectivity index (χ1) is 13.6. The summed E-state index contributed by atoms with van der Waals surface area (Å²) in [5, 5.41) is 24.6. The molecule has 0 unspecified atom stereocenters. The van der Waals surface area contributed by atoms with Crippen molar-refractivity contribution in [1.29, 1.82) is 0 Å². The van der Waals surface area contributed by atoms with Crippen LogP contribution in [0.5, 0.6) is 0 Å². The van der Waals surface area contributed by atoms with Crippen LogP contribution < -0.4 is 27.4 Å². The monoisotopic (exact) mass is 413 g/mol. The van der Waals surface area contributed by atoms with E-state index in [1.807, 2.05) is 0 Å². The number of primary amides is 1. The molecule has 1 rings (SSSR count). The van der Waals surface area contributed by atoms with E-state index >= 15 is 0 Å². The van der Waals surface area contributed by atoms with Crippen LogP contribution in [-0.4, -0.2) is 81.1 Å². The Morgan fingerprint density at radius 1 is 1.14 bits per heavy atom. The molecule has 14 heteroatoms. The predicted molar refractivity (Wildman–Crippen MR) is 95.7 cm³/mol. The normalized spacial score (nSPS) is 13.6. The summed E-state index contributed by atoms with van der Waals surface area (Å²) in [5.74, 6) is -4.88. The summed E-state index contributed by atoms with van der Waals surface area (Å²) in [6, 6.07) is -4.06. The van der Waals surface area contributed by atoms with E-state index in [1.54, 1.807) is 0 Å². The van der Waals surface area contributed by atoms with Crippen molar-refractivity contribution in [2.45, 2.75) is 31.0 Å². The minimum absolute atomic E-state index is 0.118. The molecule has 10 N–H and O–H groups in total. The van der Waals surface area contributed by atoms with Gasteiger partial charge in [-0.15, -0.1) is 0 Å². The van der Waals surface area contributed by atoms with Crippen molar-refractivity contribution in [3.63, 3.8) is 0 Å². The lowest BCUT2D eigenvalue weighted by atomic mass is 10.1. The average molecular weight is 413 g/mol. The molecule has 0 aromatic carbocycles. The van der Waals surface area contributed by atoms with E-state index < -0.39 is 67.3 Å². The highest BCUT2D eigenvalue weighted by Crippen LogP contribution is 2.01. The third-order valence-corrected chi connectivity index (χ3v) is 3.61. The van der Waals surface area contributed by atoms with Crippen LogP contribution in [0.25, 0.3) is 0 Å². The zero-order chi connectivity index (χ0) is 22.0. The van der Waals surface area contributed by atoms with Crippen molar-refractivity contribution in [3.8, 4) is 0 Å². The molecular weight excluding hydrogens is 390 g/mol. The number of aromatic nitrogens is 2. The van der Waals surface area contributed by atoms with Gasteiger partial charge in [0, 0.05) is 18.3 Å². The third kappa shape index (κ3) is 8.35. The smallest absolute Gasteiger partial charge is 0.326 e. The SMILES string of the molecule is NC(=O)C[C@H](NC(=O)CNC(=O)[C@@H](N)CO)C(=O)N[C@@H](Cc1cnc[nH]1)C(=O)O. The summed E-state index contributed by atoms with van der Waals surface area (Å²) in [5.41, 5.74) is 10.8. The summed E-state index contributed by atoms with van der Waals surface area (Å²) in [7, 11) is 0. The number of rotatable bonds is 12. The number of carbonyl (C=O) groups excluding carboxylic acids is 4. The second-order valence-electron chi connectivity index (χ2n) is 5.98. The molecule has 0 fully saturated rings. The van der Waals surface area contributed by atoms with Crippen molar-refractivity contribution in [2.24, 2.45) is 11.5 Å². The molecule has 3 atom stereocenters. The van der Waals surface area contributed by atoms with E-state index in [0.29, 0.717) is 5.69 Å². The maximum absolute atomic E-state index is 12.4. The Kier molecular flexibility index (Phi) is 9.21. The van der Waals surface area contributed by atoms with Crippen molar-refractivity contribution in [3.05, 3.63) is 18.2 Å². The molecule has 0 aliphatic carbocycles. The molecule has 0 aliphatic heterocycles. The second-order valence-corrected chi connectivity index (χ2v) is 5.98. The number of carboxylic acids is 1. The Morgan fingerprint density at radius 3 is 2.34 bits per heavy atom. The topological polar surface area (TPSA) is 243 Å². The van der Waals surface area contributed by atoms with Crippen LogP contribution in [0, 0.1) is 0 Å². The van der Waals surface area contributed by atoms with E-state index in [4.69, 9.17) is 16.6 Å². The summed E-state index contributed by atoms with van der Waals surface area (Å²) in [6.45, 7) is -1.22. The molecule has 4 amide bonds. The molecular formula is C15H23N7O7. The number of nitrogens with zero attached hydrogens (tertiary/aromatic N) is 1. The quantitative estimate of drug-likeness (QED) is 0.164. The maximum Gasteiger partial charge on any atom is 0.326 e. The van der Waals surface area contributed by atoms with E-state index in [-0.39, 0.29) is 6.42 Å². The van der Waals surface area contributed by atoms with Crippen LogP contribution >= 0.6 is 0 Å². The zero-order valence-electron chi connectivity index (χ0n) is 15.3. The number of carbonyl (C=O) groups is 5. The number of aliphatic hydroxyl groups excluding tert-OH is 1. The minimum Gasteiger partial charge on any atom is -0.480 e. The highest BCUT2D eigenvalue weighted by molar-refractivity contribution is 5.95. The first-order valence-electron chi connectivity index (χ1n) is 8.36. The van der Waals surface area contributed by atoms with Crippen LogP contribution in [0.15, 0.2) is 12.5 Å². The molecule has 1 heterocycles.